The number of carbonyl (C=O) groups excluding carboxylic acids is 1. The van der Waals surface area contributed by atoms with Gasteiger partial charge >= 0.3 is 0 Å². The molecule has 0 saturated heterocycles. The van der Waals surface area contributed by atoms with E-state index in [1.54, 1.807) is 12.1 Å². The minimum atomic E-state index is -3.68. The van der Waals surface area contributed by atoms with Gasteiger partial charge in [-0.25, -0.2) is 8.42 Å². The molecule has 180 valence electrons. The van der Waals surface area contributed by atoms with Crippen molar-refractivity contribution in [2.75, 3.05) is 6.54 Å². The van der Waals surface area contributed by atoms with Gasteiger partial charge in [-0.1, -0.05) is 58.8 Å². The Morgan fingerprint density at radius 3 is 2.40 bits per heavy atom. The first-order valence-electron chi connectivity index (χ1n) is 11.0. The number of aromatic nitrogens is 1. The summed E-state index contributed by atoms with van der Waals surface area (Å²) < 4.78 is 30.5. The smallest absolute Gasteiger partial charge is 0.279 e. The number of rotatable bonds is 4. The molecule has 2 heterocycles. The molecule has 5 rings (SSSR count). The number of hydrogen-bond acceptors (Lipinski definition) is 4. The number of benzene rings is 3. The van der Waals surface area contributed by atoms with Crippen LogP contribution in [0.3, 0.4) is 0 Å². The van der Waals surface area contributed by atoms with Gasteiger partial charge in [0, 0.05) is 25.2 Å². The van der Waals surface area contributed by atoms with Crippen LogP contribution in [0.15, 0.2) is 70.6 Å². The van der Waals surface area contributed by atoms with Crippen LogP contribution in [0.4, 0.5) is 0 Å². The fourth-order valence-electron chi connectivity index (χ4n) is 4.23. The summed E-state index contributed by atoms with van der Waals surface area (Å²) in [4.78, 5) is 17.8. The summed E-state index contributed by atoms with van der Waals surface area (Å²) in [6, 6.07) is 17.2. The number of carbonyl (C=O) groups is 1. The van der Waals surface area contributed by atoms with E-state index >= 15 is 0 Å². The minimum absolute atomic E-state index is 0.150. The molecule has 35 heavy (non-hydrogen) atoms. The van der Waals surface area contributed by atoms with E-state index in [4.69, 9.17) is 23.2 Å². The molecular weight excluding hydrogens is 525 g/mol. The quantitative estimate of drug-likeness (QED) is 0.339. The zero-order chi connectivity index (χ0) is 24.7. The molecule has 0 fully saturated rings. The SMILES string of the molecule is CCn1c(=NC(=O)c2ccc(S(=O)(=O)N3CCc4ccccc4C3)cc2)sc2c(Cl)ccc(Cl)c21. The lowest BCUT2D eigenvalue weighted by Crippen LogP contribution is -2.35. The van der Waals surface area contributed by atoms with Crippen molar-refractivity contribution in [1.82, 2.24) is 8.87 Å². The van der Waals surface area contributed by atoms with E-state index in [9.17, 15) is 13.2 Å². The highest BCUT2D eigenvalue weighted by Gasteiger charge is 2.28. The van der Waals surface area contributed by atoms with Gasteiger partial charge in [0.25, 0.3) is 5.91 Å². The van der Waals surface area contributed by atoms with Crippen LogP contribution in [0.5, 0.6) is 0 Å². The van der Waals surface area contributed by atoms with E-state index < -0.39 is 15.9 Å². The van der Waals surface area contributed by atoms with E-state index in [1.807, 2.05) is 35.8 Å². The van der Waals surface area contributed by atoms with Gasteiger partial charge in [0.05, 0.1) is 25.2 Å². The molecule has 6 nitrogen and oxygen atoms in total. The predicted octanol–water partition coefficient (Wildman–Crippen LogP) is 5.52. The average Bonchev–Trinajstić information content (AvgIpc) is 3.25. The summed E-state index contributed by atoms with van der Waals surface area (Å²) in [5.74, 6) is -0.471. The van der Waals surface area contributed by atoms with Crippen molar-refractivity contribution in [3.63, 3.8) is 0 Å². The molecule has 0 N–H and O–H groups in total. The van der Waals surface area contributed by atoms with Gasteiger partial charge in [0.1, 0.15) is 0 Å². The Morgan fingerprint density at radius 1 is 1.00 bits per heavy atom. The fourth-order valence-corrected chi connectivity index (χ4v) is 7.36. The van der Waals surface area contributed by atoms with Crippen molar-refractivity contribution in [3.05, 3.63) is 92.2 Å². The summed E-state index contributed by atoms with van der Waals surface area (Å²) in [6.07, 6.45) is 0.672. The highest BCUT2D eigenvalue weighted by Crippen LogP contribution is 2.32. The van der Waals surface area contributed by atoms with E-state index in [2.05, 4.69) is 4.99 Å². The number of sulfonamides is 1. The second-order valence-electron chi connectivity index (χ2n) is 8.13. The lowest BCUT2D eigenvalue weighted by atomic mass is 10.0. The maximum Gasteiger partial charge on any atom is 0.279 e. The summed E-state index contributed by atoms with van der Waals surface area (Å²) >= 11 is 14.0. The summed E-state index contributed by atoms with van der Waals surface area (Å²) in [5.41, 5.74) is 3.23. The van der Waals surface area contributed by atoms with Crippen molar-refractivity contribution in [2.45, 2.75) is 31.3 Å². The molecule has 1 aliphatic heterocycles. The third kappa shape index (κ3) is 4.45. The number of amides is 1. The zero-order valence-electron chi connectivity index (χ0n) is 18.7. The van der Waals surface area contributed by atoms with Crippen LogP contribution in [0, 0.1) is 0 Å². The van der Waals surface area contributed by atoms with Crippen LogP contribution in [0.1, 0.15) is 28.4 Å². The van der Waals surface area contributed by atoms with Crippen molar-refractivity contribution in [3.8, 4) is 0 Å². The van der Waals surface area contributed by atoms with E-state index in [0.29, 0.717) is 46.5 Å². The third-order valence-corrected chi connectivity index (χ3v) is 9.78. The summed E-state index contributed by atoms with van der Waals surface area (Å²) in [7, 11) is -3.68. The molecule has 3 aromatic carbocycles. The molecule has 0 saturated carbocycles. The number of halogens is 2. The van der Waals surface area contributed by atoms with Crippen molar-refractivity contribution in [1.29, 1.82) is 0 Å². The van der Waals surface area contributed by atoms with Gasteiger partial charge < -0.3 is 4.57 Å². The number of aryl methyl sites for hydroxylation is 1. The lowest BCUT2D eigenvalue weighted by molar-refractivity contribution is 0.0997. The van der Waals surface area contributed by atoms with Crippen LogP contribution in [-0.2, 0) is 29.5 Å². The Kier molecular flexibility index (Phi) is 6.59. The summed E-state index contributed by atoms with van der Waals surface area (Å²) in [5, 5.41) is 1.08. The van der Waals surface area contributed by atoms with Gasteiger partial charge in [-0.2, -0.15) is 9.30 Å². The number of hydrogen-bond donors (Lipinski definition) is 0. The number of nitrogens with zero attached hydrogens (tertiary/aromatic N) is 3. The average molecular weight is 547 g/mol. The van der Waals surface area contributed by atoms with Crippen LogP contribution in [0.2, 0.25) is 10.0 Å². The molecular formula is C25H21Cl2N3O3S2. The molecule has 0 atom stereocenters. The highest BCUT2D eigenvalue weighted by molar-refractivity contribution is 7.89. The van der Waals surface area contributed by atoms with Crippen molar-refractivity contribution in [2.24, 2.45) is 4.99 Å². The third-order valence-electron chi connectivity index (χ3n) is 6.08. The van der Waals surface area contributed by atoms with Crippen LogP contribution in [0.25, 0.3) is 10.2 Å². The van der Waals surface area contributed by atoms with Crippen molar-refractivity contribution >= 4 is 60.7 Å². The van der Waals surface area contributed by atoms with E-state index in [-0.39, 0.29) is 4.90 Å². The first-order chi connectivity index (χ1) is 16.8. The van der Waals surface area contributed by atoms with Gasteiger partial charge in [-0.05, 0) is 60.9 Å². The second-order valence-corrected chi connectivity index (χ2v) is 11.9. The van der Waals surface area contributed by atoms with Gasteiger partial charge in [-0.15, -0.1) is 0 Å². The van der Waals surface area contributed by atoms with Crippen LogP contribution in [-0.4, -0.2) is 29.7 Å². The van der Waals surface area contributed by atoms with Gasteiger partial charge in [0.2, 0.25) is 10.0 Å². The lowest BCUT2D eigenvalue weighted by Gasteiger charge is -2.28. The Hall–Kier alpha value is -2.49. The molecule has 0 aliphatic carbocycles. The second kappa shape index (κ2) is 9.52. The Morgan fingerprint density at radius 2 is 1.69 bits per heavy atom. The Bertz CT molecular complexity index is 1620. The first kappa shape index (κ1) is 24.2. The maximum absolute atomic E-state index is 13.2. The normalized spacial score (nSPS) is 14.9. The molecule has 10 heteroatoms. The monoisotopic (exact) mass is 545 g/mol. The van der Waals surface area contributed by atoms with E-state index in [1.165, 1.54) is 45.5 Å². The molecule has 1 aliphatic rings. The zero-order valence-corrected chi connectivity index (χ0v) is 21.9. The number of fused-ring (bicyclic) bond motifs is 2. The molecule has 4 aromatic rings. The van der Waals surface area contributed by atoms with Gasteiger partial charge in [-0.3, -0.25) is 4.79 Å². The molecule has 1 aromatic heterocycles. The van der Waals surface area contributed by atoms with Crippen LogP contribution < -0.4 is 4.80 Å². The Balaban J connectivity index is 1.44. The molecule has 1 amide bonds. The first-order valence-corrected chi connectivity index (χ1v) is 14.0. The fraction of sp³-hybridized carbons (Fsp3) is 0.200. The molecule has 0 radical (unpaired) electrons. The molecule has 0 bridgehead atoms. The van der Waals surface area contributed by atoms with Gasteiger partial charge in [0.15, 0.2) is 4.80 Å². The largest absolute Gasteiger partial charge is 0.315 e. The summed E-state index contributed by atoms with van der Waals surface area (Å²) in [6.45, 7) is 3.25. The maximum atomic E-state index is 13.2. The molecule has 0 spiro atoms. The Labute approximate surface area is 217 Å². The van der Waals surface area contributed by atoms with Crippen LogP contribution >= 0.6 is 34.5 Å². The topological polar surface area (TPSA) is 71.7 Å². The van der Waals surface area contributed by atoms with E-state index in [0.717, 1.165) is 15.8 Å². The predicted molar refractivity (Wildman–Crippen MR) is 140 cm³/mol. The minimum Gasteiger partial charge on any atom is -0.315 e. The molecule has 0 unspecified atom stereocenters. The number of thiazole rings is 1. The standard InChI is InChI=1S/C25H21Cl2N3O3S2/c1-2-30-22-20(26)11-12-21(27)23(22)34-25(30)28-24(31)17-7-9-19(10-8-17)35(32,33)29-14-13-16-5-3-4-6-18(16)15-29/h3-12H,2,13-15H2,1H3. The highest BCUT2D eigenvalue weighted by atomic mass is 35.5. The van der Waals surface area contributed by atoms with Crippen molar-refractivity contribution < 1.29 is 13.2 Å².